The number of thioether (sulfide) groups is 1. The molecule has 0 N–H and O–H groups in total. The lowest BCUT2D eigenvalue weighted by Gasteiger charge is -2.37. The molecule has 0 bridgehead atoms. The molecule has 1 amide bonds. The first-order chi connectivity index (χ1) is 21.3. The Morgan fingerprint density at radius 2 is 1.75 bits per heavy atom. The predicted molar refractivity (Wildman–Crippen MR) is 167 cm³/mol. The number of hydrogen-bond acceptors (Lipinski definition) is 10. The number of hydrogen-bond donors (Lipinski definition) is 0. The lowest BCUT2D eigenvalue weighted by Crippen LogP contribution is -2.44. The Balaban J connectivity index is 1.45. The number of benzene rings is 2. The molecule has 1 fully saturated rings. The molecular formula is C33H37N3O7S. The van der Waals surface area contributed by atoms with Crippen LogP contribution in [0.3, 0.4) is 0 Å². The summed E-state index contributed by atoms with van der Waals surface area (Å²) in [5.74, 6) is -0.0854. The van der Waals surface area contributed by atoms with E-state index in [0.717, 1.165) is 17.5 Å². The van der Waals surface area contributed by atoms with E-state index < -0.39 is 12.0 Å². The van der Waals surface area contributed by atoms with Crippen LogP contribution >= 0.6 is 11.8 Å². The van der Waals surface area contributed by atoms with Gasteiger partial charge in [-0.3, -0.25) is 9.59 Å². The molecule has 0 aliphatic carbocycles. The summed E-state index contributed by atoms with van der Waals surface area (Å²) < 4.78 is 22.2. The minimum atomic E-state index is -0.655. The first-order valence-electron chi connectivity index (χ1n) is 14.7. The van der Waals surface area contributed by atoms with Crippen LogP contribution in [0.15, 0.2) is 75.9 Å². The van der Waals surface area contributed by atoms with Gasteiger partial charge in [-0.15, -0.1) is 0 Å². The third kappa shape index (κ3) is 6.77. The van der Waals surface area contributed by atoms with Gasteiger partial charge in [0.05, 0.1) is 50.5 Å². The summed E-state index contributed by atoms with van der Waals surface area (Å²) in [4.78, 5) is 48.3. The average Bonchev–Trinajstić information content (AvgIpc) is 3.44. The van der Waals surface area contributed by atoms with Gasteiger partial charge in [-0.1, -0.05) is 42.1 Å². The third-order valence-corrected chi connectivity index (χ3v) is 8.74. The number of amides is 1. The molecule has 1 saturated heterocycles. The Labute approximate surface area is 261 Å². The summed E-state index contributed by atoms with van der Waals surface area (Å²) in [6.07, 6.45) is 1.50. The molecule has 0 aromatic heterocycles. The topological polar surface area (TPSA) is 107 Å². The number of allylic oxidation sites excluding steroid dienone is 1. The van der Waals surface area contributed by atoms with Gasteiger partial charge in [0.25, 0.3) is 0 Å². The normalized spacial score (nSPS) is 19.5. The van der Waals surface area contributed by atoms with Crippen LogP contribution in [-0.2, 0) is 30.5 Å². The first kappa shape index (κ1) is 31.2. The maximum absolute atomic E-state index is 13.8. The molecule has 10 nitrogen and oxygen atoms in total. The van der Waals surface area contributed by atoms with E-state index in [0.29, 0.717) is 59.8 Å². The monoisotopic (exact) mass is 619 g/mol. The van der Waals surface area contributed by atoms with Crippen molar-refractivity contribution in [3.8, 4) is 11.5 Å². The molecule has 3 heterocycles. The number of likely N-dealkylation sites (tertiary alicyclic amines) is 1. The van der Waals surface area contributed by atoms with Crippen molar-refractivity contribution in [3.05, 3.63) is 82.0 Å². The van der Waals surface area contributed by atoms with E-state index in [1.165, 1.54) is 11.8 Å². The highest BCUT2D eigenvalue weighted by molar-refractivity contribution is 8.16. The molecule has 0 saturated carbocycles. The van der Waals surface area contributed by atoms with Crippen molar-refractivity contribution in [2.45, 2.75) is 45.8 Å². The fourth-order valence-electron chi connectivity index (χ4n) is 5.66. The number of ether oxygens (including phenoxy) is 4. The average molecular weight is 620 g/mol. The zero-order valence-corrected chi connectivity index (χ0v) is 26.2. The Bertz CT molecular complexity index is 1480. The number of piperidine rings is 1. The van der Waals surface area contributed by atoms with Crippen LogP contribution in [-0.4, -0.2) is 66.7 Å². The van der Waals surface area contributed by atoms with Gasteiger partial charge < -0.3 is 28.7 Å². The number of methoxy groups -OCH3 is 2. The molecule has 2 aromatic carbocycles. The molecule has 2 aromatic rings. The summed E-state index contributed by atoms with van der Waals surface area (Å²) in [7, 11) is 3.14. The quantitative estimate of drug-likeness (QED) is 0.331. The number of amidine groups is 1. The van der Waals surface area contributed by atoms with Crippen LogP contribution in [0.2, 0.25) is 0 Å². The van der Waals surface area contributed by atoms with Gasteiger partial charge in [-0.05, 0) is 55.4 Å². The van der Waals surface area contributed by atoms with Crippen molar-refractivity contribution in [1.82, 2.24) is 9.80 Å². The van der Waals surface area contributed by atoms with Crippen molar-refractivity contribution in [2.75, 3.05) is 33.9 Å². The highest BCUT2D eigenvalue weighted by atomic mass is 32.2. The molecule has 232 valence electrons. The second-order valence-corrected chi connectivity index (χ2v) is 11.5. The van der Waals surface area contributed by atoms with Crippen molar-refractivity contribution in [1.29, 1.82) is 0 Å². The number of esters is 2. The molecule has 11 heteroatoms. The summed E-state index contributed by atoms with van der Waals surface area (Å²) >= 11 is 1.40. The Hall–Kier alpha value is -4.25. The van der Waals surface area contributed by atoms with Crippen LogP contribution in [0, 0.1) is 5.92 Å². The van der Waals surface area contributed by atoms with E-state index in [4.69, 9.17) is 23.9 Å². The molecule has 2 atom stereocenters. The predicted octanol–water partition coefficient (Wildman–Crippen LogP) is 5.21. The number of carbonyl (C=O) groups excluding carboxylic acids is 3. The maximum atomic E-state index is 13.8. The third-order valence-electron chi connectivity index (χ3n) is 7.85. The highest BCUT2D eigenvalue weighted by Gasteiger charge is 2.42. The molecule has 0 radical (unpaired) electrons. The van der Waals surface area contributed by atoms with Gasteiger partial charge >= 0.3 is 11.9 Å². The molecule has 5 rings (SSSR count). The zero-order chi connectivity index (χ0) is 31.2. The molecule has 44 heavy (non-hydrogen) atoms. The van der Waals surface area contributed by atoms with Crippen molar-refractivity contribution in [3.63, 3.8) is 0 Å². The SMILES string of the molecule is CCOC(=O)[C@@H]1CCCN(C(=O)CC2=CSC3=NC(C)=C(C(=O)OCc4ccccc4)[C@H](c4cc(OC)cc(OC)c4)N23)C1. The number of carbonyl (C=O) groups is 3. The largest absolute Gasteiger partial charge is 0.497 e. The zero-order valence-electron chi connectivity index (χ0n) is 25.4. The van der Waals surface area contributed by atoms with Crippen LogP contribution in [0.25, 0.3) is 0 Å². The van der Waals surface area contributed by atoms with E-state index in [2.05, 4.69) is 0 Å². The van der Waals surface area contributed by atoms with Gasteiger partial charge in [-0.2, -0.15) is 0 Å². The minimum absolute atomic E-state index is 0.0740. The van der Waals surface area contributed by atoms with E-state index in [-0.39, 0.29) is 30.8 Å². The van der Waals surface area contributed by atoms with Crippen LogP contribution in [0.4, 0.5) is 0 Å². The first-order valence-corrected chi connectivity index (χ1v) is 15.5. The summed E-state index contributed by atoms with van der Waals surface area (Å²) in [5.41, 5.74) is 3.18. The molecule has 3 aliphatic heterocycles. The fourth-order valence-corrected chi connectivity index (χ4v) is 6.62. The van der Waals surface area contributed by atoms with E-state index >= 15 is 0 Å². The Morgan fingerprint density at radius 1 is 1.02 bits per heavy atom. The second-order valence-electron chi connectivity index (χ2n) is 10.7. The van der Waals surface area contributed by atoms with Crippen LogP contribution in [0.1, 0.15) is 50.3 Å². The number of rotatable bonds is 10. The second kappa shape index (κ2) is 14.0. The van der Waals surface area contributed by atoms with Crippen LogP contribution < -0.4 is 9.47 Å². The molecule has 0 spiro atoms. The maximum Gasteiger partial charge on any atom is 0.338 e. The Kier molecular flexibility index (Phi) is 9.94. The Morgan fingerprint density at radius 3 is 2.43 bits per heavy atom. The summed E-state index contributed by atoms with van der Waals surface area (Å²) in [6.45, 7) is 4.88. The van der Waals surface area contributed by atoms with E-state index in [9.17, 15) is 14.4 Å². The van der Waals surface area contributed by atoms with Gasteiger partial charge in [0.2, 0.25) is 5.91 Å². The van der Waals surface area contributed by atoms with Gasteiger partial charge in [0.15, 0.2) is 5.17 Å². The number of fused-ring (bicyclic) bond motifs is 1. The fraction of sp³-hybridized carbons (Fsp3) is 0.394. The smallest absolute Gasteiger partial charge is 0.338 e. The van der Waals surface area contributed by atoms with Crippen molar-refractivity contribution in [2.24, 2.45) is 10.9 Å². The molecule has 0 unspecified atom stereocenters. The summed E-state index contributed by atoms with van der Waals surface area (Å²) in [6, 6.07) is 14.3. The lowest BCUT2D eigenvalue weighted by atomic mass is 9.93. The summed E-state index contributed by atoms with van der Waals surface area (Å²) in [5, 5.41) is 2.55. The molecule has 3 aliphatic rings. The number of nitrogens with zero attached hydrogens (tertiary/aromatic N) is 3. The standard InChI is InChI=1S/C33H37N3O7S/c1-5-42-31(38)23-12-9-13-35(18-23)28(37)16-25-20-44-33-34-21(2)29(32(39)43-19-22-10-7-6-8-11-22)30(36(25)33)24-14-26(40-3)17-27(15-24)41-4/h6-8,10-11,14-15,17,20,23,30H,5,9,12-13,16,18-19H2,1-4H3/t23-,30+/m1/s1. The van der Waals surface area contributed by atoms with E-state index in [1.54, 1.807) is 39.0 Å². The van der Waals surface area contributed by atoms with Crippen molar-refractivity contribution >= 4 is 34.8 Å². The lowest BCUT2D eigenvalue weighted by molar-refractivity contribution is -0.151. The van der Waals surface area contributed by atoms with Gasteiger partial charge in [0, 0.05) is 24.9 Å². The van der Waals surface area contributed by atoms with Crippen LogP contribution in [0.5, 0.6) is 11.5 Å². The van der Waals surface area contributed by atoms with Gasteiger partial charge in [-0.25, -0.2) is 9.79 Å². The van der Waals surface area contributed by atoms with Gasteiger partial charge in [0.1, 0.15) is 18.1 Å². The number of aliphatic imine (C=N–C) groups is 1. The minimum Gasteiger partial charge on any atom is -0.497 e. The van der Waals surface area contributed by atoms with E-state index in [1.807, 2.05) is 52.8 Å². The highest BCUT2D eigenvalue weighted by Crippen LogP contribution is 2.46. The van der Waals surface area contributed by atoms with Crippen molar-refractivity contribution < 1.29 is 33.3 Å². The molecular weight excluding hydrogens is 582 g/mol.